The third-order valence-corrected chi connectivity index (χ3v) is 3.19. The lowest BCUT2D eigenvalue weighted by atomic mass is 9.85. The molecule has 1 aliphatic rings. The van der Waals surface area contributed by atoms with E-state index in [2.05, 4.69) is 22.1 Å². The molecule has 4 heteroatoms. The fraction of sp³-hybridized carbons (Fsp3) is 0.467. The average Bonchev–Trinajstić information content (AvgIpc) is 2.38. The first-order chi connectivity index (χ1) is 9.07. The molecule has 1 aromatic rings. The van der Waals surface area contributed by atoms with Crippen molar-refractivity contribution >= 4 is 11.7 Å². The summed E-state index contributed by atoms with van der Waals surface area (Å²) in [5, 5.41) is 12.9. The van der Waals surface area contributed by atoms with E-state index in [9.17, 15) is 9.90 Å². The monoisotopic (exact) mass is 258 g/mol. The zero-order valence-corrected chi connectivity index (χ0v) is 11.1. The van der Waals surface area contributed by atoms with E-state index < -0.39 is 5.60 Å². The number of amides is 1. The quantitative estimate of drug-likeness (QED) is 0.758. The van der Waals surface area contributed by atoms with Gasteiger partial charge >= 0.3 is 0 Å². The molecule has 0 saturated heterocycles. The number of rotatable bonds is 1. The Labute approximate surface area is 113 Å². The van der Waals surface area contributed by atoms with Crippen LogP contribution in [0.15, 0.2) is 18.3 Å². The van der Waals surface area contributed by atoms with Gasteiger partial charge in [-0.1, -0.05) is 18.3 Å². The number of carbonyl (C=O) groups is 1. The summed E-state index contributed by atoms with van der Waals surface area (Å²) in [6.07, 6.45) is 6.34. The van der Waals surface area contributed by atoms with Gasteiger partial charge in [-0.25, -0.2) is 4.98 Å². The predicted octanol–water partition coefficient (Wildman–Crippen LogP) is 2.09. The Bertz CT molecular complexity index is 505. The Morgan fingerprint density at radius 3 is 2.68 bits per heavy atom. The normalized spacial score (nSPS) is 17.2. The first kappa shape index (κ1) is 13.6. The molecule has 0 spiro atoms. The van der Waals surface area contributed by atoms with Crippen LogP contribution in [-0.2, 0) is 4.79 Å². The number of nitrogens with zero attached hydrogens (tertiary/aromatic N) is 1. The summed E-state index contributed by atoms with van der Waals surface area (Å²) in [6.45, 7) is 1.44. The second kappa shape index (κ2) is 5.85. The van der Waals surface area contributed by atoms with Gasteiger partial charge in [-0.15, -0.1) is 0 Å². The Morgan fingerprint density at radius 2 is 2.11 bits per heavy atom. The molecule has 0 radical (unpaired) electrons. The Balaban J connectivity index is 2.05. The number of pyridine rings is 1. The molecule has 1 fully saturated rings. The third kappa shape index (κ3) is 4.08. The summed E-state index contributed by atoms with van der Waals surface area (Å²) < 4.78 is 0. The van der Waals surface area contributed by atoms with Crippen LogP contribution >= 0.6 is 0 Å². The van der Waals surface area contributed by atoms with E-state index in [0.717, 1.165) is 31.2 Å². The topological polar surface area (TPSA) is 62.2 Å². The van der Waals surface area contributed by atoms with Crippen LogP contribution in [0.1, 0.15) is 44.6 Å². The van der Waals surface area contributed by atoms with Crippen molar-refractivity contribution in [3.8, 4) is 11.8 Å². The summed E-state index contributed by atoms with van der Waals surface area (Å²) in [5.74, 6) is 6.27. The molecule has 100 valence electrons. The lowest BCUT2D eigenvalue weighted by Gasteiger charge is -2.26. The van der Waals surface area contributed by atoms with E-state index in [1.165, 1.54) is 13.3 Å². The van der Waals surface area contributed by atoms with Crippen molar-refractivity contribution in [2.24, 2.45) is 0 Å². The third-order valence-electron chi connectivity index (χ3n) is 3.19. The highest BCUT2D eigenvalue weighted by atomic mass is 16.3. The zero-order valence-electron chi connectivity index (χ0n) is 11.1. The van der Waals surface area contributed by atoms with Gasteiger partial charge in [0.25, 0.3) is 0 Å². The van der Waals surface area contributed by atoms with Gasteiger partial charge in [-0.05, 0) is 37.8 Å². The van der Waals surface area contributed by atoms with Crippen molar-refractivity contribution in [1.82, 2.24) is 4.98 Å². The van der Waals surface area contributed by atoms with E-state index in [1.807, 2.05) is 0 Å². The fourth-order valence-electron chi connectivity index (χ4n) is 2.17. The van der Waals surface area contributed by atoms with E-state index >= 15 is 0 Å². The minimum atomic E-state index is -0.839. The number of anilines is 1. The average molecular weight is 258 g/mol. The molecule has 0 aromatic carbocycles. The molecule has 4 nitrogen and oxygen atoms in total. The van der Waals surface area contributed by atoms with Gasteiger partial charge in [0.1, 0.15) is 11.4 Å². The number of nitrogens with one attached hydrogen (secondary N) is 1. The minimum Gasteiger partial charge on any atom is -0.378 e. The van der Waals surface area contributed by atoms with Gasteiger partial charge in [0.15, 0.2) is 0 Å². The van der Waals surface area contributed by atoms with Crippen LogP contribution in [0.2, 0.25) is 0 Å². The van der Waals surface area contributed by atoms with Crippen molar-refractivity contribution < 1.29 is 9.90 Å². The van der Waals surface area contributed by atoms with E-state index in [4.69, 9.17) is 0 Å². The molecular weight excluding hydrogens is 240 g/mol. The Kier molecular flexibility index (Phi) is 4.18. The van der Waals surface area contributed by atoms with Crippen LogP contribution in [0.25, 0.3) is 0 Å². The number of hydrogen-bond acceptors (Lipinski definition) is 3. The summed E-state index contributed by atoms with van der Waals surface area (Å²) in [4.78, 5) is 14.9. The molecule has 0 bridgehead atoms. The first-order valence-corrected chi connectivity index (χ1v) is 6.57. The number of aromatic nitrogens is 1. The molecule has 19 heavy (non-hydrogen) atoms. The van der Waals surface area contributed by atoms with Crippen LogP contribution in [-0.4, -0.2) is 21.6 Å². The van der Waals surface area contributed by atoms with Gasteiger partial charge in [0, 0.05) is 18.7 Å². The molecule has 0 unspecified atom stereocenters. The van der Waals surface area contributed by atoms with Crippen LogP contribution in [0, 0.1) is 11.8 Å². The summed E-state index contributed by atoms with van der Waals surface area (Å²) >= 11 is 0. The molecule has 1 saturated carbocycles. The van der Waals surface area contributed by atoms with Gasteiger partial charge in [0.2, 0.25) is 5.91 Å². The molecule has 1 amide bonds. The van der Waals surface area contributed by atoms with Crippen molar-refractivity contribution in [2.45, 2.75) is 44.6 Å². The SMILES string of the molecule is CC(=O)Nc1ccc(C#CC2(O)CCCCC2)cn1. The molecule has 1 heterocycles. The van der Waals surface area contributed by atoms with Crippen LogP contribution in [0.3, 0.4) is 0 Å². The summed E-state index contributed by atoms with van der Waals surface area (Å²) in [5.41, 5.74) is -0.0951. The van der Waals surface area contributed by atoms with Gasteiger partial charge in [-0.2, -0.15) is 0 Å². The lowest BCUT2D eigenvalue weighted by molar-refractivity contribution is -0.114. The van der Waals surface area contributed by atoms with Crippen molar-refractivity contribution in [3.63, 3.8) is 0 Å². The molecule has 2 rings (SSSR count). The highest BCUT2D eigenvalue weighted by Crippen LogP contribution is 2.27. The second-order valence-corrected chi connectivity index (χ2v) is 4.96. The first-order valence-electron chi connectivity index (χ1n) is 6.57. The van der Waals surface area contributed by atoms with Crippen LogP contribution in [0.5, 0.6) is 0 Å². The van der Waals surface area contributed by atoms with Crippen LogP contribution in [0.4, 0.5) is 5.82 Å². The lowest BCUT2D eigenvalue weighted by Crippen LogP contribution is -2.29. The highest BCUT2D eigenvalue weighted by molar-refractivity contribution is 5.87. The summed E-state index contributed by atoms with van der Waals surface area (Å²) in [7, 11) is 0. The maximum Gasteiger partial charge on any atom is 0.222 e. The standard InChI is InChI=1S/C15H18N2O2/c1-12(18)17-14-6-5-13(11-16-14)7-10-15(19)8-3-2-4-9-15/h5-6,11,19H,2-4,8-9H2,1H3,(H,16,17,18). The van der Waals surface area contributed by atoms with E-state index in [0.29, 0.717) is 5.82 Å². The van der Waals surface area contributed by atoms with Crippen LogP contribution < -0.4 is 5.32 Å². The van der Waals surface area contributed by atoms with E-state index in [1.54, 1.807) is 18.3 Å². The van der Waals surface area contributed by atoms with Crippen molar-refractivity contribution in [2.75, 3.05) is 5.32 Å². The minimum absolute atomic E-state index is 0.150. The van der Waals surface area contributed by atoms with Gasteiger partial charge in [-0.3, -0.25) is 4.79 Å². The number of carbonyl (C=O) groups excluding carboxylic acids is 1. The maximum atomic E-state index is 10.9. The number of hydrogen-bond donors (Lipinski definition) is 2. The van der Waals surface area contributed by atoms with E-state index in [-0.39, 0.29) is 5.91 Å². The predicted molar refractivity (Wildman–Crippen MR) is 73.5 cm³/mol. The fourth-order valence-corrected chi connectivity index (χ4v) is 2.17. The molecular formula is C15H18N2O2. The zero-order chi connectivity index (χ0) is 13.7. The van der Waals surface area contributed by atoms with Crippen molar-refractivity contribution in [3.05, 3.63) is 23.9 Å². The Hall–Kier alpha value is -1.86. The molecule has 0 atom stereocenters. The Morgan fingerprint density at radius 1 is 1.37 bits per heavy atom. The van der Waals surface area contributed by atoms with Gasteiger partial charge < -0.3 is 10.4 Å². The smallest absolute Gasteiger partial charge is 0.222 e. The van der Waals surface area contributed by atoms with Gasteiger partial charge in [0.05, 0.1) is 0 Å². The largest absolute Gasteiger partial charge is 0.378 e. The van der Waals surface area contributed by atoms with Crippen molar-refractivity contribution in [1.29, 1.82) is 0 Å². The molecule has 2 N–H and O–H groups in total. The molecule has 0 aliphatic heterocycles. The maximum absolute atomic E-state index is 10.9. The second-order valence-electron chi connectivity index (χ2n) is 4.96. The summed E-state index contributed by atoms with van der Waals surface area (Å²) in [6, 6.07) is 3.49. The molecule has 1 aliphatic carbocycles. The molecule has 1 aromatic heterocycles. The number of aliphatic hydroxyl groups is 1. The highest BCUT2D eigenvalue weighted by Gasteiger charge is 2.26.